The molecule has 6 nitrogen and oxygen atoms in total. The number of nitrogens with zero attached hydrogens (tertiary/aromatic N) is 2. The molecule has 0 aliphatic carbocycles. The van der Waals surface area contributed by atoms with E-state index < -0.39 is 0 Å². The van der Waals surface area contributed by atoms with E-state index >= 15 is 0 Å². The number of carbonyl (C=O) groups excluding carboxylic acids is 1. The number of thioether (sulfide) groups is 1. The van der Waals surface area contributed by atoms with E-state index in [1.54, 1.807) is 26.0 Å². The van der Waals surface area contributed by atoms with Gasteiger partial charge in [0.1, 0.15) is 16.9 Å². The first-order chi connectivity index (χ1) is 12.2. The van der Waals surface area contributed by atoms with Crippen molar-refractivity contribution < 1.29 is 19.0 Å². The third-order valence-corrected chi connectivity index (χ3v) is 5.90. The molecule has 2 saturated heterocycles. The molecule has 2 aliphatic heterocycles. The Bertz CT molecular complexity index is 570. The molecule has 0 N–H and O–H groups in total. The second-order valence-electron chi connectivity index (χ2n) is 6.16. The second kappa shape index (κ2) is 8.78. The Labute approximate surface area is 153 Å². The first-order valence-electron chi connectivity index (χ1n) is 8.65. The van der Waals surface area contributed by atoms with Gasteiger partial charge in [0.05, 0.1) is 27.4 Å². The number of rotatable bonds is 6. The van der Waals surface area contributed by atoms with Crippen LogP contribution in [-0.2, 0) is 9.53 Å². The molecule has 7 heteroatoms. The van der Waals surface area contributed by atoms with Crippen molar-refractivity contribution in [1.29, 1.82) is 0 Å². The van der Waals surface area contributed by atoms with Crippen LogP contribution in [-0.4, -0.2) is 75.1 Å². The molecular formula is C18H26N2O4S. The van der Waals surface area contributed by atoms with Crippen LogP contribution in [0.1, 0.15) is 17.4 Å². The SMILES string of the molecule is COc1cc(OC)cc(C2SCCC(=O)N2CCN2CCOCC2)c1. The van der Waals surface area contributed by atoms with E-state index in [0.717, 1.165) is 62.2 Å². The quantitative estimate of drug-likeness (QED) is 0.768. The van der Waals surface area contributed by atoms with E-state index in [4.69, 9.17) is 14.2 Å². The number of ether oxygens (including phenoxy) is 3. The molecule has 1 unspecified atom stereocenters. The van der Waals surface area contributed by atoms with Gasteiger partial charge >= 0.3 is 0 Å². The summed E-state index contributed by atoms with van der Waals surface area (Å²) in [6, 6.07) is 5.86. The Morgan fingerprint density at radius 1 is 1.12 bits per heavy atom. The molecule has 0 saturated carbocycles. The average molecular weight is 366 g/mol. The van der Waals surface area contributed by atoms with Crippen LogP contribution in [0.4, 0.5) is 0 Å². The lowest BCUT2D eigenvalue weighted by molar-refractivity contribution is -0.132. The van der Waals surface area contributed by atoms with Crippen LogP contribution in [0.15, 0.2) is 18.2 Å². The zero-order chi connectivity index (χ0) is 17.6. The summed E-state index contributed by atoms with van der Waals surface area (Å²) in [6.45, 7) is 5.04. The van der Waals surface area contributed by atoms with E-state index in [2.05, 4.69) is 4.90 Å². The number of hydrogen-bond donors (Lipinski definition) is 0. The van der Waals surface area contributed by atoms with Crippen LogP contribution in [0.25, 0.3) is 0 Å². The zero-order valence-electron chi connectivity index (χ0n) is 14.9. The third kappa shape index (κ3) is 4.59. The lowest BCUT2D eigenvalue weighted by atomic mass is 10.1. The normalized spacial score (nSPS) is 22.1. The maximum absolute atomic E-state index is 12.6. The summed E-state index contributed by atoms with van der Waals surface area (Å²) in [5.41, 5.74) is 1.05. The van der Waals surface area contributed by atoms with Gasteiger partial charge in [0.2, 0.25) is 5.91 Å². The summed E-state index contributed by atoms with van der Waals surface area (Å²) >= 11 is 1.80. The fourth-order valence-corrected chi connectivity index (χ4v) is 4.43. The van der Waals surface area contributed by atoms with Gasteiger partial charge < -0.3 is 19.1 Å². The monoisotopic (exact) mass is 366 g/mol. The third-order valence-electron chi connectivity index (χ3n) is 4.61. The first kappa shape index (κ1) is 18.4. The van der Waals surface area contributed by atoms with Crippen molar-refractivity contribution in [3.63, 3.8) is 0 Å². The molecule has 3 rings (SSSR count). The number of amides is 1. The highest BCUT2D eigenvalue weighted by molar-refractivity contribution is 7.99. The molecule has 2 fully saturated rings. The summed E-state index contributed by atoms with van der Waals surface area (Å²) in [5.74, 6) is 2.57. The molecule has 0 radical (unpaired) electrons. The van der Waals surface area contributed by atoms with Gasteiger partial charge in [-0.3, -0.25) is 9.69 Å². The van der Waals surface area contributed by atoms with Gasteiger partial charge in [0.25, 0.3) is 0 Å². The van der Waals surface area contributed by atoms with Crippen LogP contribution in [0.5, 0.6) is 11.5 Å². The molecule has 0 bridgehead atoms. The molecule has 1 amide bonds. The maximum atomic E-state index is 12.6. The van der Waals surface area contributed by atoms with Gasteiger partial charge in [0.15, 0.2) is 0 Å². The summed E-state index contributed by atoms with van der Waals surface area (Å²) in [7, 11) is 3.29. The van der Waals surface area contributed by atoms with Crippen molar-refractivity contribution in [2.75, 3.05) is 59.4 Å². The molecule has 138 valence electrons. The smallest absolute Gasteiger partial charge is 0.224 e. The highest BCUT2D eigenvalue weighted by Gasteiger charge is 2.30. The van der Waals surface area contributed by atoms with Crippen molar-refractivity contribution in [1.82, 2.24) is 9.80 Å². The topological polar surface area (TPSA) is 51.2 Å². The number of carbonyl (C=O) groups is 1. The van der Waals surface area contributed by atoms with E-state index in [9.17, 15) is 4.79 Å². The van der Waals surface area contributed by atoms with Crippen LogP contribution < -0.4 is 9.47 Å². The minimum absolute atomic E-state index is 0.00582. The lowest BCUT2D eigenvalue weighted by Crippen LogP contribution is -2.45. The largest absolute Gasteiger partial charge is 0.497 e. The van der Waals surface area contributed by atoms with Gasteiger partial charge in [0, 0.05) is 44.4 Å². The minimum Gasteiger partial charge on any atom is -0.497 e. The Hall–Kier alpha value is -1.44. The minimum atomic E-state index is 0.00582. The Kier molecular flexibility index (Phi) is 6.45. The zero-order valence-corrected chi connectivity index (χ0v) is 15.7. The highest BCUT2D eigenvalue weighted by Crippen LogP contribution is 2.40. The molecule has 1 aromatic carbocycles. The molecule has 0 aromatic heterocycles. The van der Waals surface area contributed by atoms with Crippen LogP contribution >= 0.6 is 11.8 Å². The van der Waals surface area contributed by atoms with E-state index in [1.165, 1.54) is 0 Å². The second-order valence-corrected chi connectivity index (χ2v) is 7.35. The van der Waals surface area contributed by atoms with Gasteiger partial charge in [-0.25, -0.2) is 0 Å². The van der Waals surface area contributed by atoms with Crippen LogP contribution in [0.2, 0.25) is 0 Å². The molecule has 25 heavy (non-hydrogen) atoms. The summed E-state index contributed by atoms with van der Waals surface area (Å²) in [4.78, 5) is 16.9. The van der Waals surface area contributed by atoms with Crippen molar-refractivity contribution in [2.45, 2.75) is 11.8 Å². The van der Waals surface area contributed by atoms with Crippen LogP contribution in [0, 0.1) is 0 Å². The Morgan fingerprint density at radius 3 is 2.44 bits per heavy atom. The van der Waals surface area contributed by atoms with Gasteiger partial charge in [-0.05, 0) is 17.7 Å². The van der Waals surface area contributed by atoms with E-state index in [0.29, 0.717) is 6.42 Å². The highest BCUT2D eigenvalue weighted by atomic mass is 32.2. The molecule has 0 spiro atoms. The van der Waals surface area contributed by atoms with Gasteiger partial charge in [-0.2, -0.15) is 0 Å². The first-order valence-corrected chi connectivity index (χ1v) is 9.70. The molecule has 1 atom stereocenters. The van der Waals surface area contributed by atoms with E-state index in [1.807, 2.05) is 23.1 Å². The Balaban J connectivity index is 1.76. The fourth-order valence-electron chi connectivity index (χ4n) is 3.19. The predicted molar refractivity (Wildman–Crippen MR) is 98.3 cm³/mol. The standard InChI is InChI=1S/C18H26N2O4S/c1-22-15-11-14(12-16(13-15)23-2)18-20(17(21)3-10-25-18)5-4-19-6-8-24-9-7-19/h11-13,18H,3-10H2,1-2H3. The predicted octanol–water partition coefficient (Wildman–Crippen LogP) is 2.00. The summed E-state index contributed by atoms with van der Waals surface area (Å²) in [5, 5.41) is 0.00582. The number of benzene rings is 1. The Morgan fingerprint density at radius 2 is 1.80 bits per heavy atom. The van der Waals surface area contributed by atoms with Gasteiger partial charge in [-0.1, -0.05) is 0 Å². The average Bonchev–Trinajstić information content (AvgIpc) is 2.67. The number of methoxy groups -OCH3 is 2. The fraction of sp³-hybridized carbons (Fsp3) is 0.611. The lowest BCUT2D eigenvalue weighted by Gasteiger charge is -2.37. The molecule has 2 heterocycles. The number of morpholine rings is 1. The van der Waals surface area contributed by atoms with Crippen molar-refractivity contribution >= 4 is 17.7 Å². The molecule has 2 aliphatic rings. The van der Waals surface area contributed by atoms with Crippen LogP contribution in [0.3, 0.4) is 0 Å². The van der Waals surface area contributed by atoms with E-state index in [-0.39, 0.29) is 11.3 Å². The van der Waals surface area contributed by atoms with Crippen molar-refractivity contribution in [3.05, 3.63) is 23.8 Å². The van der Waals surface area contributed by atoms with Crippen molar-refractivity contribution in [3.8, 4) is 11.5 Å². The maximum Gasteiger partial charge on any atom is 0.224 e. The summed E-state index contributed by atoms with van der Waals surface area (Å²) in [6.07, 6.45) is 0.603. The number of hydrogen-bond acceptors (Lipinski definition) is 6. The van der Waals surface area contributed by atoms with Crippen molar-refractivity contribution in [2.24, 2.45) is 0 Å². The molecule has 1 aromatic rings. The molecular weight excluding hydrogens is 340 g/mol. The van der Waals surface area contributed by atoms with Gasteiger partial charge in [-0.15, -0.1) is 11.8 Å². The summed E-state index contributed by atoms with van der Waals surface area (Å²) < 4.78 is 16.2.